The van der Waals surface area contributed by atoms with Gasteiger partial charge in [-0.2, -0.15) is 0 Å². The molecule has 3 rings (SSSR count). The van der Waals surface area contributed by atoms with Crippen LogP contribution in [0, 0.1) is 5.41 Å². The van der Waals surface area contributed by atoms with Crippen LogP contribution in [0.2, 0.25) is 0 Å². The Morgan fingerprint density at radius 3 is 2.62 bits per heavy atom. The normalized spacial score (nSPS) is 22.7. The van der Waals surface area contributed by atoms with E-state index in [1.807, 2.05) is 6.20 Å². The molecule has 0 aromatic carbocycles. The van der Waals surface area contributed by atoms with Crippen molar-refractivity contribution in [2.45, 2.75) is 58.4 Å². The van der Waals surface area contributed by atoms with E-state index >= 15 is 0 Å². The van der Waals surface area contributed by atoms with E-state index in [9.17, 15) is 0 Å². The average molecular weight is 287 g/mol. The van der Waals surface area contributed by atoms with Crippen LogP contribution < -0.4 is 10.2 Å². The Morgan fingerprint density at radius 2 is 1.95 bits per heavy atom. The van der Waals surface area contributed by atoms with Crippen molar-refractivity contribution in [3.63, 3.8) is 0 Å². The lowest BCUT2D eigenvalue weighted by Gasteiger charge is -2.40. The fourth-order valence-electron chi connectivity index (χ4n) is 4.14. The van der Waals surface area contributed by atoms with Gasteiger partial charge in [0.05, 0.1) is 0 Å². The van der Waals surface area contributed by atoms with E-state index in [1.165, 1.54) is 63.0 Å². The van der Waals surface area contributed by atoms with Crippen LogP contribution in [-0.2, 0) is 0 Å². The van der Waals surface area contributed by atoms with Crippen molar-refractivity contribution >= 4 is 5.82 Å². The SMILES string of the molecule is CCNC(C)c1ccnc(N2CCC3(CCCC3)CC2)c1. The standard InChI is InChI=1S/C18H29N3/c1-3-19-15(2)16-6-11-20-17(14-16)21-12-9-18(10-13-21)7-4-5-8-18/h6,11,14-15,19H,3-5,7-10,12-13H2,1-2H3. The Hall–Kier alpha value is -1.09. The minimum atomic E-state index is 0.405. The summed E-state index contributed by atoms with van der Waals surface area (Å²) in [6.07, 6.45) is 10.5. The molecule has 3 heteroatoms. The lowest BCUT2D eigenvalue weighted by molar-refractivity contribution is 0.226. The first kappa shape index (κ1) is 14.8. The smallest absolute Gasteiger partial charge is 0.128 e. The van der Waals surface area contributed by atoms with Crippen molar-refractivity contribution in [3.8, 4) is 0 Å². The molecule has 2 fully saturated rings. The van der Waals surface area contributed by atoms with Gasteiger partial charge in [-0.05, 0) is 62.3 Å². The second-order valence-corrected chi connectivity index (χ2v) is 6.92. The summed E-state index contributed by atoms with van der Waals surface area (Å²) in [5.74, 6) is 1.17. The van der Waals surface area contributed by atoms with E-state index in [4.69, 9.17) is 0 Å². The van der Waals surface area contributed by atoms with Crippen LogP contribution in [0.25, 0.3) is 0 Å². The number of pyridine rings is 1. The van der Waals surface area contributed by atoms with Crippen LogP contribution in [0.1, 0.15) is 64.0 Å². The maximum atomic E-state index is 4.62. The number of anilines is 1. The Morgan fingerprint density at radius 1 is 1.24 bits per heavy atom. The molecule has 2 heterocycles. The first-order valence-electron chi connectivity index (χ1n) is 8.67. The fourth-order valence-corrected chi connectivity index (χ4v) is 4.14. The maximum Gasteiger partial charge on any atom is 0.128 e. The molecule has 1 spiro atoms. The second-order valence-electron chi connectivity index (χ2n) is 6.92. The summed E-state index contributed by atoms with van der Waals surface area (Å²) in [6, 6.07) is 4.82. The Balaban J connectivity index is 1.66. The van der Waals surface area contributed by atoms with Gasteiger partial charge in [-0.15, -0.1) is 0 Å². The molecule has 3 nitrogen and oxygen atoms in total. The molecule has 1 saturated heterocycles. The molecule has 1 aromatic heterocycles. The molecule has 0 bridgehead atoms. The largest absolute Gasteiger partial charge is 0.357 e. The number of rotatable bonds is 4. The van der Waals surface area contributed by atoms with Crippen molar-refractivity contribution in [3.05, 3.63) is 23.9 Å². The van der Waals surface area contributed by atoms with E-state index in [-0.39, 0.29) is 0 Å². The van der Waals surface area contributed by atoms with Crippen LogP contribution in [0.15, 0.2) is 18.3 Å². The number of nitrogens with one attached hydrogen (secondary N) is 1. The summed E-state index contributed by atoms with van der Waals surface area (Å²) in [5.41, 5.74) is 2.04. The number of aromatic nitrogens is 1. The zero-order valence-electron chi connectivity index (χ0n) is 13.6. The van der Waals surface area contributed by atoms with Crippen LogP contribution in [0.3, 0.4) is 0 Å². The third-order valence-electron chi connectivity index (χ3n) is 5.59. The number of piperidine rings is 1. The minimum Gasteiger partial charge on any atom is -0.357 e. The van der Waals surface area contributed by atoms with Gasteiger partial charge >= 0.3 is 0 Å². The van der Waals surface area contributed by atoms with Crippen molar-refractivity contribution in [2.24, 2.45) is 5.41 Å². The van der Waals surface area contributed by atoms with E-state index in [2.05, 4.69) is 41.2 Å². The minimum absolute atomic E-state index is 0.405. The molecule has 1 aliphatic heterocycles. The highest BCUT2D eigenvalue weighted by Gasteiger charge is 2.37. The Bertz CT molecular complexity index is 455. The fraction of sp³-hybridized carbons (Fsp3) is 0.722. The summed E-state index contributed by atoms with van der Waals surface area (Å²) >= 11 is 0. The first-order valence-corrected chi connectivity index (χ1v) is 8.67. The van der Waals surface area contributed by atoms with Crippen LogP contribution in [0.4, 0.5) is 5.82 Å². The van der Waals surface area contributed by atoms with Gasteiger partial charge in [0, 0.05) is 25.3 Å². The van der Waals surface area contributed by atoms with Gasteiger partial charge in [0.1, 0.15) is 5.82 Å². The van der Waals surface area contributed by atoms with Crippen molar-refractivity contribution in [1.29, 1.82) is 0 Å². The lowest BCUT2D eigenvalue weighted by Crippen LogP contribution is -2.39. The number of hydrogen-bond acceptors (Lipinski definition) is 3. The van der Waals surface area contributed by atoms with Gasteiger partial charge in [-0.3, -0.25) is 0 Å². The van der Waals surface area contributed by atoms with Crippen molar-refractivity contribution in [1.82, 2.24) is 10.3 Å². The maximum absolute atomic E-state index is 4.62. The van der Waals surface area contributed by atoms with Gasteiger partial charge in [0.25, 0.3) is 0 Å². The summed E-state index contributed by atoms with van der Waals surface area (Å²) in [5, 5.41) is 3.49. The van der Waals surface area contributed by atoms with Crippen LogP contribution >= 0.6 is 0 Å². The summed E-state index contributed by atoms with van der Waals surface area (Å²) in [4.78, 5) is 7.11. The monoisotopic (exact) mass is 287 g/mol. The molecule has 0 radical (unpaired) electrons. The topological polar surface area (TPSA) is 28.2 Å². The van der Waals surface area contributed by atoms with Gasteiger partial charge in [0.2, 0.25) is 0 Å². The second kappa shape index (κ2) is 6.35. The lowest BCUT2D eigenvalue weighted by atomic mass is 9.77. The van der Waals surface area contributed by atoms with E-state index in [0.29, 0.717) is 11.5 Å². The highest BCUT2D eigenvalue weighted by atomic mass is 15.2. The van der Waals surface area contributed by atoms with E-state index in [1.54, 1.807) is 0 Å². The molecule has 1 unspecified atom stereocenters. The molecule has 21 heavy (non-hydrogen) atoms. The molecule has 1 aromatic rings. The molecule has 116 valence electrons. The van der Waals surface area contributed by atoms with Crippen LogP contribution in [-0.4, -0.2) is 24.6 Å². The highest BCUT2D eigenvalue weighted by molar-refractivity contribution is 5.42. The predicted molar refractivity (Wildman–Crippen MR) is 88.7 cm³/mol. The molecule has 1 aliphatic carbocycles. The first-order chi connectivity index (χ1) is 10.2. The number of nitrogens with zero attached hydrogens (tertiary/aromatic N) is 2. The third-order valence-corrected chi connectivity index (χ3v) is 5.59. The van der Waals surface area contributed by atoms with Gasteiger partial charge in [-0.1, -0.05) is 19.8 Å². The molecular weight excluding hydrogens is 258 g/mol. The van der Waals surface area contributed by atoms with Gasteiger partial charge in [0.15, 0.2) is 0 Å². The summed E-state index contributed by atoms with van der Waals surface area (Å²) < 4.78 is 0. The summed E-state index contributed by atoms with van der Waals surface area (Å²) in [6.45, 7) is 7.76. The third kappa shape index (κ3) is 3.23. The van der Waals surface area contributed by atoms with Crippen molar-refractivity contribution < 1.29 is 0 Å². The predicted octanol–water partition coefficient (Wildman–Crippen LogP) is 3.91. The molecule has 0 amide bonds. The highest BCUT2D eigenvalue weighted by Crippen LogP contribution is 2.46. The van der Waals surface area contributed by atoms with E-state index < -0.39 is 0 Å². The summed E-state index contributed by atoms with van der Waals surface area (Å²) in [7, 11) is 0. The van der Waals surface area contributed by atoms with E-state index in [0.717, 1.165) is 6.54 Å². The average Bonchev–Trinajstić information content (AvgIpc) is 2.97. The quantitative estimate of drug-likeness (QED) is 0.910. The van der Waals surface area contributed by atoms with Crippen molar-refractivity contribution in [2.75, 3.05) is 24.5 Å². The van der Waals surface area contributed by atoms with Gasteiger partial charge < -0.3 is 10.2 Å². The zero-order chi connectivity index (χ0) is 14.7. The Labute approximate surface area is 129 Å². The molecular formula is C18H29N3. The van der Waals surface area contributed by atoms with Crippen LogP contribution in [0.5, 0.6) is 0 Å². The molecule has 2 aliphatic rings. The Kier molecular flexibility index (Phi) is 4.48. The molecule has 1 saturated carbocycles. The molecule has 1 N–H and O–H groups in total. The molecule has 1 atom stereocenters. The van der Waals surface area contributed by atoms with Gasteiger partial charge in [-0.25, -0.2) is 4.98 Å². The zero-order valence-corrected chi connectivity index (χ0v) is 13.6. The number of hydrogen-bond donors (Lipinski definition) is 1.